The summed E-state index contributed by atoms with van der Waals surface area (Å²) in [4.78, 5) is 2.39. The normalized spacial score (nSPS) is 12.7. The second-order valence-corrected chi connectivity index (χ2v) is 6.45. The summed E-state index contributed by atoms with van der Waals surface area (Å²) < 4.78 is 0. The average molecular weight is 296 g/mol. The third-order valence-electron chi connectivity index (χ3n) is 4.12. The van der Waals surface area contributed by atoms with Crippen LogP contribution in [0.1, 0.15) is 43.5 Å². The van der Waals surface area contributed by atoms with E-state index >= 15 is 0 Å². The molecule has 2 aromatic rings. The zero-order valence-electron chi connectivity index (χ0n) is 14.4. The Labute approximate surface area is 135 Å². The minimum Gasteiger partial charge on any atom is -0.383 e. The van der Waals surface area contributed by atoms with Gasteiger partial charge in [0.05, 0.1) is 0 Å². The van der Waals surface area contributed by atoms with Crippen molar-refractivity contribution in [2.45, 2.75) is 46.3 Å². The highest BCUT2D eigenvalue weighted by atomic mass is 15.1. The smallest absolute Gasteiger partial charge is 0.0375 e. The van der Waals surface area contributed by atoms with Crippen LogP contribution < -0.4 is 5.32 Å². The van der Waals surface area contributed by atoms with Crippen molar-refractivity contribution >= 4 is 5.69 Å². The molecular formula is C20H28N2. The van der Waals surface area contributed by atoms with Gasteiger partial charge < -0.3 is 5.32 Å². The fraction of sp³-hybridized carbons (Fsp3) is 0.400. The summed E-state index contributed by atoms with van der Waals surface area (Å²) in [6.45, 7) is 9.75. The van der Waals surface area contributed by atoms with E-state index in [1.165, 1.54) is 22.4 Å². The van der Waals surface area contributed by atoms with Crippen LogP contribution in [0.3, 0.4) is 0 Å². The molecule has 0 aliphatic rings. The summed E-state index contributed by atoms with van der Waals surface area (Å²) in [5.41, 5.74) is 5.25. The van der Waals surface area contributed by atoms with E-state index in [-0.39, 0.29) is 0 Å². The maximum Gasteiger partial charge on any atom is 0.0375 e. The average Bonchev–Trinajstić information content (AvgIpc) is 2.49. The van der Waals surface area contributed by atoms with Crippen LogP contribution in [-0.2, 0) is 6.54 Å². The first-order chi connectivity index (χ1) is 10.5. The van der Waals surface area contributed by atoms with Gasteiger partial charge in [0.2, 0.25) is 0 Å². The second-order valence-electron chi connectivity index (χ2n) is 6.45. The van der Waals surface area contributed by atoms with Crippen molar-refractivity contribution < 1.29 is 0 Å². The maximum atomic E-state index is 3.54. The van der Waals surface area contributed by atoms with Crippen LogP contribution in [-0.4, -0.2) is 18.0 Å². The highest BCUT2D eigenvalue weighted by molar-refractivity contribution is 5.53. The Morgan fingerprint density at radius 3 is 2.32 bits per heavy atom. The first-order valence-electron chi connectivity index (χ1n) is 8.08. The van der Waals surface area contributed by atoms with E-state index in [2.05, 4.69) is 93.5 Å². The highest BCUT2D eigenvalue weighted by Crippen LogP contribution is 2.26. The van der Waals surface area contributed by atoms with Crippen LogP contribution >= 0.6 is 0 Å². The lowest BCUT2D eigenvalue weighted by Crippen LogP contribution is -2.22. The van der Waals surface area contributed by atoms with Gasteiger partial charge in [-0.1, -0.05) is 42.5 Å². The van der Waals surface area contributed by atoms with E-state index in [0.717, 1.165) is 6.54 Å². The fourth-order valence-electron chi connectivity index (χ4n) is 2.63. The van der Waals surface area contributed by atoms with E-state index in [0.29, 0.717) is 12.1 Å². The summed E-state index contributed by atoms with van der Waals surface area (Å²) in [5, 5.41) is 3.54. The second kappa shape index (κ2) is 7.46. The van der Waals surface area contributed by atoms with Crippen LogP contribution in [0.4, 0.5) is 5.69 Å². The minimum absolute atomic E-state index is 0.383. The quantitative estimate of drug-likeness (QED) is 0.806. The minimum atomic E-state index is 0.383. The molecule has 1 atom stereocenters. The van der Waals surface area contributed by atoms with Gasteiger partial charge in [0.15, 0.2) is 0 Å². The molecule has 0 heterocycles. The molecule has 0 unspecified atom stereocenters. The molecule has 2 aromatic carbocycles. The predicted molar refractivity (Wildman–Crippen MR) is 96.3 cm³/mol. The summed E-state index contributed by atoms with van der Waals surface area (Å²) in [6.07, 6.45) is 0. The molecule has 118 valence electrons. The number of rotatable bonds is 6. The van der Waals surface area contributed by atoms with Gasteiger partial charge in [-0.3, -0.25) is 4.90 Å². The topological polar surface area (TPSA) is 15.3 Å². The lowest BCUT2D eigenvalue weighted by atomic mass is 10.0. The fourth-order valence-corrected chi connectivity index (χ4v) is 2.63. The molecule has 2 nitrogen and oxygen atoms in total. The predicted octanol–water partition coefficient (Wildman–Crippen LogP) is 5.01. The monoisotopic (exact) mass is 296 g/mol. The van der Waals surface area contributed by atoms with E-state index < -0.39 is 0 Å². The molecule has 0 saturated carbocycles. The number of hydrogen-bond acceptors (Lipinski definition) is 2. The SMILES string of the molecule is Cc1ccc([C@@H](C)N(C)Cc2ccccc2)cc1NC(C)C. The van der Waals surface area contributed by atoms with Gasteiger partial charge in [-0.25, -0.2) is 0 Å². The van der Waals surface area contributed by atoms with E-state index in [1.807, 2.05) is 0 Å². The highest BCUT2D eigenvalue weighted by Gasteiger charge is 2.13. The Bertz CT molecular complexity index is 590. The van der Waals surface area contributed by atoms with Crippen molar-refractivity contribution in [3.63, 3.8) is 0 Å². The molecule has 2 heteroatoms. The van der Waals surface area contributed by atoms with Crippen LogP contribution in [0.15, 0.2) is 48.5 Å². The zero-order valence-corrected chi connectivity index (χ0v) is 14.4. The number of nitrogens with zero attached hydrogens (tertiary/aromatic N) is 1. The molecule has 1 N–H and O–H groups in total. The third kappa shape index (κ3) is 4.35. The van der Waals surface area contributed by atoms with Crippen molar-refractivity contribution in [1.82, 2.24) is 4.90 Å². The number of aryl methyl sites for hydroxylation is 1. The van der Waals surface area contributed by atoms with Gasteiger partial charge >= 0.3 is 0 Å². The van der Waals surface area contributed by atoms with E-state index in [4.69, 9.17) is 0 Å². The van der Waals surface area contributed by atoms with Crippen LogP contribution in [0, 0.1) is 6.92 Å². The molecule has 22 heavy (non-hydrogen) atoms. The zero-order chi connectivity index (χ0) is 16.1. The Morgan fingerprint density at radius 2 is 1.68 bits per heavy atom. The number of hydrogen-bond donors (Lipinski definition) is 1. The molecule has 0 aliphatic carbocycles. The molecule has 0 amide bonds. The largest absolute Gasteiger partial charge is 0.383 e. The molecular weight excluding hydrogens is 268 g/mol. The first kappa shape index (κ1) is 16.6. The van der Waals surface area contributed by atoms with Crippen LogP contribution in [0.5, 0.6) is 0 Å². The lowest BCUT2D eigenvalue weighted by molar-refractivity contribution is 0.253. The molecule has 0 aromatic heterocycles. The van der Waals surface area contributed by atoms with Crippen molar-refractivity contribution in [3.8, 4) is 0 Å². The maximum absolute atomic E-state index is 3.54. The Hall–Kier alpha value is -1.80. The Balaban J connectivity index is 2.12. The molecule has 0 radical (unpaired) electrons. The van der Waals surface area contributed by atoms with Crippen LogP contribution in [0.2, 0.25) is 0 Å². The van der Waals surface area contributed by atoms with Crippen molar-refractivity contribution in [2.75, 3.05) is 12.4 Å². The van der Waals surface area contributed by atoms with Crippen LogP contribution in [0.25, 0.3) is 0 Å². The van der Waals surface area contributed by atoms with Gasteiger partial charge in [0.25, 0.3) is 0 Å². The van der Waals surface area contributed by atoms with Gasteiger partial charge in [0, 0.05) is 24.3 Å². The van der Waals surface area contributed by atoms with Crippen molar-refractivity contribution in [2.24, 2.45) is 0 Å². The van der Waals surface area contributed by atoms with E-state index in [1.54, 1.807) is 0 Å². The summed E-state index contributed by atoms with van der Waals surface area (Å²) >= 11 is 0. The number of nitrogens with one attached hydrogen (secondary N) is 1. The standard InChI is InChI=1S/C20H28N2/c1-15(2)21-20-13-19(12-11-16(20)3)17(4)22(5)14-18-9-7-6-8-10-18/h6-13,15,17,21H,14H2,1-5H3/t17-/m1/s1. The first-order valence-corrected chi connectivity index (χ1v) is 8.08. The molecule has 0 spiro atoms. The molecule has 0 aliphatic heterocycles. The van der Waals surface area contributed by atoms with E-state index in [9.17, 15) is 0 Å². The molecule has 0 saturated heterocycles. The Morgan fingerprint density at radius 1 is 1.00 bits per heavy atom. The van der Waals surface area contributed by atoms with Crippen molar-refractivity contribution in [1.29, 1.82) is 0 Å². The molecule has 0 fully saturated rings. The number of anilines is 1. The summed E-state index contributed by atoms with van der Waals surface area (Å²) in [6, 6.07) is 18.2. The van der Waals surface area contributed by atoms with Gasteiger partial charge in [0.1, 0.15) is 0 Å². The Kier molecular flexibility index (Phi) is 5.62. The van der Waals surface area contributed by atoms with Crippen molar-refractivity contribution in [3.05, 3.63) is 65.2 Å². The number of benzene rings is 2. The van der Waals surface area contributed by atoms with Gasteiger partial charge in [-0.2, -0.15) is 0 Å². The van der Waals surface area contributed by atoms with Gasteiger partial charge in [-0.05, 0) is 57.5 Å². The summed E-state index contributed by atoms with van der Waals surface area (Å²) in [5.74, 6) is 0. The third-order valence-corrected chi connectivity index (χ3v) is 4.12. The van der Waals surface area contributed by atoms with Gasteiger partial charge in [-0.15, -0.1) is 0 Å². The summed E-state index contributed by atoms with van der Waals surface area (Å²) in [7, 11) is 2.19. The molecule has 0 bridgehead atoms. The molecule has 2 rings (SSSR count). The lowest BCUT2D eigenvalue weighted by Gasteiger charge is -2.26.